The Morgan fingerprint density at radius 3 is 1.42 bits per heavy atom. The summed E-state index contributed by atoms with van der Waals surface area (Å²) in [5, 5.41) is 12.5. The van der Waals surface area contributed by atoms with Gasteiger partial charge in [0.25, 0.3) is 0 Å². The highest BCUT2D eigenvalue weighted by atomic mass is 15.0. The van der Waals surface area contributed by atoms with E-state index < -0.39 is 0 Å². The van der Waals surface area contributed by atoms with Gasteiger partial charge in [-0.2, -0.15) is 5.26 Å². The Bertz CT molecular complexity index is 3520. The summed E-state index contributed by atoms with van der Waals surface area (Å²) < 4.78 is 2.37. The van der Waals surface area contributed by atoms with Crippen molar-refractivity contribution in [3.05, 3.63) is 240 Å². The maximum absolute atomic E-state index is 10.3. The number of benzene rings is 9. The summed E-state index contributed by atoms with van der Waals surface area (Å²) >= 11 is 0. The molecule has 0 aliphatic carbocycles. The molecule has 5 heteroatoms. The number of aromatic nitrogens is 3. The zero-order valence-electron chi connectivity index (χ0n) is 36.9. The van der Waals surface area contributed by atoms with Crippen LogP contribution in [-0.2, 0) is 0 Å². The van der Waals surface area contributed by atoms with Crippen LogP contribution < -0.4 is 0 Å². The molecule has 0 aliphatic heterocycles. The molecular weight excluding hydrogens is 815 g/mol. The van der Waals surface area contributed by atoms with Gasteiger partial charge < -0.3 is 4.57 Å². The largest absolute Gasteiger partial charge is 0.308 e. The van der Waals surface area contributed by atoms with E-state index >= 15 is 0 Å². The van der Waals surface area contributed by atoms with E-state index in [-0.39, 0.29) is 0 Å². The molecular formula is C62H41N5. The second-order valence-corrected chi connectivity index (χ2v) is 17.0. The summed E-state index contributed by atoms with van der Waals surface area (Å²) in [7, 11) is 0. The van der Waals surface area contributed by atoms with E-state index in [1.165, 1.54) is 11.1 Å². The van der Waals surface area contributed by atoms with Gasteiger partial charge in [-0.1, -0.05) is 163 Å². The van der Waals surface area contributed by atoms with Gasteiger partial charge in [0.1, 0.15) is 0 Å². The van der Waals surface area contributed by atoms with Crippen molar-refractivity contribution in [3.8, 4) is 90.2 Å². The third-order valence-electron chi connectivity index (χ3n) is 12.6. The Labute approximate surface area is 390 Å². The lowest BCUT2D eigenvalue weighted by Crippen LogP contribution is -2.03. The van der Waals surface area contributed by atoms with Crippen LogP contribution in [-0.4, -0.2) is 14.5 Å². The van der Waals surface area contributed by atoms with Crippen molar-refractivity contribution in [1.29, 1.82) is 5.26 Å². The van der Waals surface area contributed by atoms with E-state index in [0.717, 1.165) is 100 Å². The predicted molar refractivity (Wildman–Crippen MR) is 275 cm³/mol. The molecule has 0 aliphatic rings. The van der Waals surface area contributed by atoms with Crippen LogP contribution in [0.3, 0.4) is 0 Å². The molecule has 11 aromatic rings. The van der Waals surface area contributed by atoms with Gasteiger partial charge in [0.2, 0.25) is 0 Å². The fourth-order valence-electron chi connectivity index (χ4n) is 9.15. The summed E-state index contributed by atoms with van der Waals surface area (Å²) in [6.45, 7) is 12.3. The van der Waals surface area contributed by atoms with Crippen molar-refractivity contribution in [2.24, 2.45) is 0 Å². The van der Waals surface area contributed by atoms with Crippen LogP contribution in [0.2, 0.25) is 0 Å². The topological polar surface area (TPSA) is 58.9 Å². The average Bonchev–Trinajstić information content (AvgIpc) is 3.71. The SMILES string of the molecule is [C-]#[N+]c1cccc(-c2cc(-c3nc(-c4ccccc4)cc(-c4ccccc4)n3)cc(-c3cccc(C#N)c3)c2-n2c3ccc(-c4ccc(C)cc4)cc3c3cc(-c4ccc(C)cc4)ccc32)c1. The van der Waals surface area contributed by atoms with E-state index in [1.807, 2.05) is 78.9 Å². The van der Waals surface area contributed by atoms with Crippen molar-refractivity contribution >= 4 is 27.5 Å². The van der Waals surface area contributed by atoms with Gasteiger partial charge >= 0.3 is 0 Å². The minimum absolute atomic E-state index is 0.531. The number of hydrogen-bond acceptors (Lipinski definition) is 3. The highest BCUT2D eigenvalue weighted by Gasteiger charge is 2.24. The molecule has 11 rings (SSSR count). The van der Waals surface area contributed by atoms with Crippen LogP contribution in [0.4, 0.5) is 5.69 Å². The van der Waals surface area contributed by atoms with Gasteiger partial charge in [-0.05, 0) is 108 Å². The zero-order chi connectivity index (χ0) is 45.4. The van der Waals surface area contributed by atoms with Crippen LogP contribution >= 0.6 is 0 Å². The smallest absolute Gasteiger partial charge is 0.187 e. The van der Waals surface area contributed by atoms with Crippen LogP contribution in [0.25, 0.3) is 111 Å². The van der Waals surface area contributed by atoms with E-state index in [1.54, 1.807) is 0 Å². The summed E-state index contributed by atoms with van der Waals surface area (Å²) in [5.74, 6) is 0.555. The number of nitrogens with zero attached hydrogens (tertiary/aromatic N) is 5. The van der Waals surface area contributed by atoms with E-state index in [0.29, 0.717) is 17.1 Å². The first kappa shape index (κ1) is 40.6. The second kappa shape index (κ2) is 17.1. The van der Waals surface area contributed by atoms with Gasteiger partial charge in [0.15, 0.2) is 11.5 Å². The quantitative estimate of drug-likeness (QED) is 0.143. The highest BCUT2D eigenvalue weighted by Crippen LogP contribution is 2.46. The Kier molecular flexibility index (Phi) is 10.4. The monoisotopic (exact) mass is 855 g/mol. The Morgan fingerprint density at radius 2 is 0.910 bits per heavy atom. The lowest BCUT2D eigenvalue weighted by Gasteiger charge is -2.21. The number of hydrogen-bond donors (Lipinski definition) is 0. The van der Waals surface area contributed by atoms with Crippen molar-refractivity contribution in [2.75, 3.05) is 0 Å². The number of rotatable bonds is 8. The molecule has 2 aromatic heterocycles. The summed E-state index contributed by atoms with van der Waals surface area (Å²) in [5.41, 5.74) is 18.9. The molecule has 0 saturated carbocycles. The minimum Gasteiger partial charge on any atom is -0.308 e. The zero-order valence-corrected chi connectivity index (χ0v) is 36.9. The fraction of sp³-hybridized carbons (Fsp3) is 0.0323. The van der Waals surface area contributed by atoms with Gasteiger partial charge in [0.05, 0.1) is 46.3 Å². The van der Waals surface area contributed by atoms with Gasteiger partial charge in [0, 0.05) is 38.6 Å². The Hall–Kier alpha value is -9.16. The third kappa shape index (κ3) is 7.72. The van der Waals surface area contributed by atoms with Crippen LogP contribution in [0.5, 0.6) is 0 Å². The standard InChI is InChI=1S/C62H41N5/c1-40-20-24-43(25-21-40)47-28-30-59-55(34-47)56-35-48(44-26-22-41(2)23-27-44)29-31-60(56)67(59)61-53(49-17-10-12-42(32-49)39-63)36-51(37-54(61)50-18-11-19-52(33-50)64-3)62-65-57(45-13-6-4-7-14-45)38-58(66-62)46-15-8-5-9-16-46/h4-38H,1-2H3. The Morgan fingerprint density at radius 1 is 0.433 bits per heavy atom. The maximum atomic E-state index is 10.3. The number of fused-ring (bicyclic) bond motifs is 3. The average molecular weight is 856 g/mol. The molecule has 2 heterocycles. The highest BCUT2D eigenvalue weighted by molar-refractivity contribution is 6.13. The lowest BCUT2D eigenvalue weighted by atomic mass is 9.91. The lowest BCUT2D eigenvalue weighted by molar-refractivity contribution is 1.17. The van der Waals surface area contributed by atoms with Crippen molar-refractivity contribution in [3.63, 3.8) is 0 Å². The second-order valence-electron chi connectivity index (χ2n) is 17.0. The fourth-order valence-corrected chi connectivity index (χ4v) is 9.15. The van der Waals surface area contributed by atoms with Crippen molar-refractivity contribution in [2.45, 2.75) is 13.8 Å². The first-order chi connectivity index (χ1) is 32.9. The van der Waals surface area contributed by atoms with E-state index in [2.05, 4.69) is 163 Å². The third-order valence-corrected chi connectivity index (χ3v) is 12.6. The maximum Gasteiger partial charge on any atom is 0.187 e. The Balaban J connectivity index is 1.26. The van der Waals surface area contributed by atoms with E-state index in [9.17, 15) is 5.26 Å². The molecule has 0 saturated heterocycles. The first-order valence-electron chi connectivity index (χ1n) is 22.3. The van der Waals surface area contributed by atoms with Crippen LogP contribution in [0, 0.1) is 31.8 Å². The molecule has 67 heavy (non-hydrogen) atoms. The molecule has 0 spiro atoms. The molecule has 0 atom stereocenters. The summed E-state index contributed by atoms with van der Waals surface area (Å²) in [4.78, 5) is 14.5. The van der Waals surface area contributed by atoms with Crippen molar-refractivity contribution in [1.82, 2.24) is 14.5 Å². The number of aryl methyl sites for hydroxylation is 2. The molecule has 5 nitrogen and oxygen atoms in total. The van der Waals surface area contributed by atoms with Gasteiger partial charge in [-0.25, -0.2) is 14.8 Å². The van der Waals surface area contributed by atoms with Gasteiger partial charge in [-0.3, -0.25) is 0 Å². The minimum atomic E-state index is 0.531. The van der Waals surface area contributed by atoms with E-state index in [4.69, 9.17) is 16.5 Å². The normalized spacial score (nSPS) is 11.1. The summed E-state index contributed by atoms with van der Waals surface area (Å²) in [6.07, 6.45) is 0. The van der Waals surface area contributed by atoms with Crippen molar-refractivity contribution < 1.29 is 0 Å². The summed E-state index contributed by atoms with van der Waals surface area (Å²) in [6, 6.07) is 75.7. The first-order valence-corrected chi connectivity index (χ1v) is 22.3. The molecule has 0 amide bonds. The van der Waals surface area contributed by atoms with Gasteiger partial charge in [-0.15, -0.1) is 0 Å². The molecule has 0 bridgehead atoms. The van der Waals surface area contributed by atoms with Crippen LogP contribution in [0.15, 0.2) is 212 Å². The predicted octanol–water partition coefficient (Wildman–Crippen LogP) is 16.3. The molecule has 314 valence electrons. The molecule has 0 unspecified atom stereocenters. The number of nitriles is 1. The molecule has 9 aromatic carbocycles. The molecule has 0 radical (unpaired) electrons. The van der Waals surface area contributed by atoms with Crippen LogP contribution in [0.1, 0.15) is 16.7 Å². The molecule has 0 fully saturated rings. The molecule has 0 N–H and O–H groups in total.